The van der Waals surface area contributed by atoms with Gasteiger partial charge in [0.25, 0.3) is 5.91 Å². The SMILES string of the molecule is Cc1cc(C(=O)N2CCc3ccccc3C2)nc(N(C)CCc2ccncc2)n1. The van der Waals surface area contributed by atoms with Crippen LogP contribution in [0.5, 0.6) is 0 Å². The number of benzene rings is 1. The van der Waals surface area contributed by atoms with Crippen LogP contribution in [0.1, 0.15) is 32.9 Å². The van der Waals surface area contributed by atoms with Gasteiger partial charge >= 0.3 is 0 Å². The Labute approximate surface area is 171 Å². The maximum Gasteiger partial charge on any atom is 0.272 e. The van der Waals surface area contributed by atoms with Gasteiger partial charge in [0, 0.05) is 44.8 Å². The monoisotopic (exact) mass is 387 g/mol. The molecule has 1 aliphatic rings. The molecule has 0 spiro atoms. The van der Waals surface area contributed by atoms with Crippen LogP contribution in [0.4, 0.5) is 5.95 Å². The van der Waals surface area contributed by atoms with Gasteiger partial charge in [-0.1, -0.05) is 24.3 Å². The fourth-order valence-corrected chi connectivity index (χ4v) is 3.61. The minimum absolute atomic E-state index is 0.0335. The van der Waals surface area contributed by atoms with Crippen LogP contribution in [-0.4, -0.2) is 45.9 Å². The smallest absolute Gasteiger partial charge is 0.272 e. The third-order valence-electron chi connectivity index (χ3n) is 5.31. The highest BCUT2D eigenvalue weighted by Crippen LogP contribution is 2.20. The molecule has 1 aliphatic heterocycles. The van der Waals surface area contributed by atoms with E-state index in [0.29, 0.717) is 24.7 Å². The van der Waals surface area contributed by atoms with Crippen LogP contribution in [-0.2, 0) is 19.4 Å². The molecule has 1 amide bonds. The summed E-state index contributed by atoms with van der Waals surface area (Å²) in [6.45, 7) is 4.01. The molecule has 6 heteroatoms. The lowest BCUT2D eigenvalue weighted by atomic mass is 10.00. The van der Waals surface area contributed by atoms with Crippen molar-refractivity contribution < 1.29 is 4.79 Å². The van der Waals surface area contributed by atoms with Gasteiger partial charge in [-0.2, -0.15) is 0 Å². The van der Waals surface area contributed by atoms with Crippen molar-refractivity contribution >= 4 is 11.9 Å². The Hall–Kier alpha value is -3.28. The molecule has 6 nitrogen and oxygen atoms in total. The Morgan fingerprint density at radius 1 is 1.10 bits per heavy atom. The molecule has 148 valence electrons. The second kappa shape index (κ2) is 8.39. The summed E-state index contributed by atoms with van der Waals surface area (Å²) in [7, 11) is 1.96. The number of amides is 1. The minimum Gasteiger partial charge on any atom is -0.344 e. The molecule has 3 aromatic rings. The summed E-state index contributed by atoms with van der Waals surface area (Å²) in [6.07, 6.45) is 5.34. The fraction of sp³-hybridized carbons (Fsp3) is 0.304. The quantitative estimate of drug-likeness (QED) is 0.673. The largest absolute Gasteiger partial charge is 0.344 e. The maximum absolute atomic E-state index is 13.1. The summed E-state index contributed by atoms with van der Waals surface area (Å²) in [4.78, 5) is 30.2. The van der Waals surface area contributed by atoms with E-state index in [9.17, 15) is 4.79 Å². The van der Waals surface area contributed by atoms with E-state index in [1.165, 1.54) is 16.7 Å². The van der Waals surface area contributed by atoms with Gasteiger partial charge in [-0.25, -0.2) is 9.97 Å². The maximum atomic E-state index is 13.1. The molecule has 4 rings (SSSR count). The number of carbonyl (C=O) groups excluding carboxylic acids is 1. The summed E-state index contributed by atoms with van der Waals surface area (Å²) < 4.78 is 0. The van der Waals surface area contributed by atoms with Gasteiger partial charge in [-0.15, -0.1) is 0 Å². The predicted molar refractivity (Wildman–Crippen MR) is 113 cm³/mol. The fourth-order valence-electron chi connectivity index (χ4n) is 3.61. The second-order valence-electron chi connectivity index (χ2n) is 7.47. The van der Waals surface area contributed by atoms with E-state index >= 15 is 0 Å². The first-order valence-electron chi connectivity index (χ1n) is 9.92. The molecule has 0 bridgehead atoms. The molecule has 1 aromatic carbocycles. The van der Waals surface area contributed by atoms with E-state index in [-0.39, 0.29) is 5.91 Å². The Bertz CT molecular complexity index is 1010. The number of carbonyl (C=O) groups is 1. The van der Waals surface area contributed by atoms with Gasteiger partial charge in [0.05, 0.1) is 0 Å². The van der Waals surface area contributed by atoms with E-state index in [0.717, 1.165) is 25.1 Å². The summed E-state index contributed by atoms with van der Waals surface area (Å²) in [5, 5.41) is 0. The van der Waals surface area contributed by atoms with Gasteiger partial charge in [-0.05, 0) is 54.7 Å². The first-order valence-corrected chi connectivity index (χ1v) is 9.92. The number of nitrogens with zero attached hydrogens (tertiary/aromatic N) is 5. The van der Waals surface area contributed by atoms with Gasteiger partial charge in [0.2, 0.25) is 5.95 Å². The van der Waals surface area contributed by atoms with Crippen molar-refractivity contribution in [1.29, 1.82) is 0 Å². The lowest BCUT2D eigenvalue weighted by molar-refractivity contribution is 0.0728. The molecular weight excluding hydrogens is 362 g/mol. The van der Waals surface area contributed by atoms with Gasteiger partial charge in [0.15, 0.2) is 0 Å². The third kappa shape index (κ3) is 4.42. The number of likely N-dealkylation sites (N-methyl/N-ethyl adjacent to an activating group) is 1. The normalized spacial score (nSPS) is 13.1. The molecule has 0 saturated heterocycles. The molecule has 29 heavy (non-hydrogen) atoms. The van der Waals surface area contributed by atoms with Crippen molar-refractivity contribution in [1.82, 2.24) is 19.9 Å². The highest BCUT2D eigenvalue weighted by Gasteiger charge is 2.23. The van der Waals surface area contributed by atoms with Crippen molar-refractivity contribution in [2.24, 2.45) is 0 Å². The Morgan fingerprint density at radius 3 is 2.66 bits per heavy atom. The van der Waals surface area contributed by atoms with Crippen LogP contribution in [0.2, 0.25) is 0 Å². The van der Waals surface area contributed by atoms with Crippen LogP contribution in [0.25, 0.3) is 0 Å². The number of hydrogen-bond acceptors (Lipinski definition) is 5. The number of hydrogen-bond donors (Lipinski definition) is 0. The molecule has 0 unspecified atom stereocenters. The molecule has 3 heterocycles. The van der Waals surface area contributed by atoms with E-state index in [2.05, 4.69) is 33.2 Å². The van der Waals surface area contributed by atoms with Crippen LogP contribution in [0.3, 0.4) is 0 Å². The number of fused-ring (bicyclic) bond motifs is 1. The average molecular weight is 387 g/mol. The van der Waals surface area contributed by atoms with Gasteiger partial charge in [0.1, 0.15) is 5.69 Å². The topological polar surface area (TPSA) is 62.2 Å². The zero-order chi connectivity index (χ0) is 20.2. The van der Waals surface area contributed by atoms with E-state index < -0.39 is 0 Å². The summed E-state index contributed by atoms with van der Waals surface area (Å²) >= 11 is 0. The summed E-state index contributed by atoms with van der Waals surface area (Å²) in [5.41, 5.74) is 5.01. The lowest BCUT2D eigenvalue weighted by Crippen LogP contribution is -2.36. The van der Waals surface area contributed by atoms with E-state index in [1.807, 2.05) is 42.0 Å². The zero-order valence-electron chi connectivity index (χ0n) is 16.9. The summed E-state index contributed by atoms with van der Waals surface area (Å²) in [5.74, 6) is 0.550. The van der Waals surface area contributed by atoms with Gasteiger partial charge in [-0.3, -0.25) is 9.78 Å². The average Bonchev–Trinajstić information content (AvgIpc) is 2.77. The number of aryl methyl sites for hydroxylation is 1. The number of rotatable bonds is 5. The zero-order valence-corrected chi connectivity index (χ0v) is 16.9. The first-order chi connectivity index (χ1) is 14.1. The van der Waals surface area contributed by atoms with Crippen molar-refractivity contribution in [2.45, 2.75) is 26.3 Å². The predicted octanol–water partition coefficient (Wildman–Crippen LogP) is 3.06. The highest BCUT2D eigenvalue weighted by molar-refractivity contribution is 5.92. The van der Waals surface area contributed by atoms with E-state index in [4.69, 9.17) is 0 Å². The molecule has 0 saturated carbocycles. The van der Waals surface area contributed by atoms with Crippen LogP contribution >= 0.6 is 0 Å². The minimum atomic E-state index is -0.0335. The van der Waals surface area contributed by atoms with E-state index in [1.54, 1.807) is 18.5 Å². The Morgan fingerprint density at radius 2 is 1.86 bits per heavy atom. The van der Waals surface area contributed by atoms with Crippen molar-refractivity contribution in [2.75, 3.05) is 25.0 Å². The molecule has 2 aromatic heterocycles. The molecule has 0 radical (unpaired) electrons. The second-order valence-corrected chi connectivity index (χ2v) is 7.47. The van der Waals surface area contributed by atoms with Crippen LogP contribution < -0.4 is 4.90 Å². The number of aromatic nitrogens is 3. The molecule has 0 N–H and O–H groups in total. The Kier molecular flexibility index (Phi) is 5.51. The standard InChI is InChI=1S/C23H25N5O/c1-17-15-21(22(29)28-14-10-19-5-3-4-6-20(19)16-28)26-23(25-17)27(2)13-9-18-7-11-24-12-8-18/h3-8,11-12,15H,9-10,13-14,16H2,1-2H3. The molecular formula is C23H25N5O. The van der Waals surface area contributed by atoms with Gasteiger partial charge < -0.3 is 9.80 Å². The Balaban J connectivity index is 1.48. The summed E-state index contributed by atoms with van der Waals surface area (Å²) in [6, 6.07) is 14.1. The molecule has 0 atom stereocenters. The molecule has 0 aliphatic carbocycles. The lowest BCUT2D eigenvalue weighted by Gasteiger charge is -2.29. The first kappa shape index (κ1) is 19.1. The van der Waals surface area contributed by atoms with Crippen molar-refractivity contribution in [3.8, 4) is 0 Å². The van der Waals surface area contributed by atoms with Crippen LogP contribution in [0, 0.1) is 6.92 Å². The molecule has 0 fully saturated rings. The number of pyridine rings is 1. The van der Waals surface area contributed by atoms with Crippen LogP contribution in [0.15, 0.2) is 54.9 Å². The number of anilines is 1. The highest BCUT2D eigenvalue weighted by atomic mass is 16.2. The van der Waals surface area contributed by atoms with Crippen molar-refractivity contribution in [3.63, 3.8) is 0 Å². The van der Waals surface area contributed by atoms with Crippen molar-refractivity contribution in [3.05, 3.63) is 82.9 Å². The third-order valence-corrected chi connectivity index (χ3v) is 5.31.